The number of nitrogens with one attached hydrogen (secondary N) is 1. The van der Waals surface area contributed by atoms with E-state index in [9.17, 15) is 23.2 Å². The van der Waals surface area contributed by atoms with Gasteiger partial charge in [-0.3, -0.25) is 4.79 Å². The van der Waals surface area contributed by atoms with E-state index in [0.29, 0.717) is 38.1 Å². The molecule has 1 saturated heterocycles. The lowest BCUT2D eigenvalue weighted by molar-refractivity contribution is -0.144. The third-order valence-corrected chi connectivity index (χ3v) is 4.25. The minimum Gasteiger partial charge on any atom is -0.452 e. The highest BCUT2D eigenvalue weighted by molar-refractivity contribution is 5.89. The summed E-state index contributed by atoms with van der Waals surface area (Å²) in [4.78, 5) is 36.9. The van der Waals surface area contributed by atoms with Crippen LogP contribution in [0.25, 0.3) is 6.08 Å². The lowest BCUT2D eigenvalue weighted by atomic mass is 10.1. The smallest absolute Gasteiger partial charge is 0.409 e. The first-order valence-electron chi connectivity index (χ1n) is 9.48. The molecule has 8 nitrogen and oxygen atoms in total. The maximum atomic E-state index is 12.1. The van der Waals surface area contributed by atoms with Crippen molar-refractivity contribution in [2.24, 2.45) is 0 Å². The molecule has 2 amide bonds. The van der Waals surface area contributed by atoms with Crippen LogP contribution < -0.4 is 10.1 Å². The zero-order chi connectivity index (χ0) is 21.9. The molecule has 1 fully saturated rings. The Hall–Kier alpha value is -3.17. The molecule has 10 heteroatoms. The number of esters is 1. The van der Waals surface area contributed by atoms with Crippen molar-refractivity contribution in [3.05, 3.63) is 35.9 Å². The van der Waals surface area contributed by atoms with Crippen molar-refractivity contribution < 1.29 is 37.4 Å². The average molecular weight is 426 g/mol. The van der Waals surface area contributed by atoms with Crippen molar-refractivity contribution >= 4 is 24.0 Å². The Morgan fingerprint density at radius 2 is 1.83 bits per heavy atom. The Morgan fingerprint density at radius 3 is 2.43 bits per heavy atom. The van der Waals surface area contributed by atoms with E-state index in [4.69, 9.17) is 9.47 Å². The molecule has 0 spiro atoms. The van der Waals surface area contributed by atoms with Gasteiger partial charge >= 0.3 is 18.7 Å². The van der Waals surface area contributed by atoms with Crippen LogP contribution in [0.1, 0.15) is 25.3 Å². The maximum absolute atomic E-state index is 12.1. The number of hydrogen-bond donors (Lipinski definition) is 1. The molecule has 0 saturated carbocycles. The van der Waals surface area contributed by atoms with E-state index >= 15 is 0 Å². The lowest BCUT2D eigenvalue weighted by Crippen LogP contribution is -2.47. The molecule has 30 heavy (non-hydrogen) atoms. The predicted octanol–water partition coefficient (Wildman–Crippen LogP) is 2.58. The van der Waals surface area contributed by atoms with Crippen LogP contribution in [-0.2, 0) is 19.1 Å². The van der Waals surface area contributed by atoms with Crippen molar-refractivity contribution in [1.29, 1.82) is 0 Å². The van der Waals surface area contributed by atoms with Crippen LogP contribution in [0.3, 0.4) is 0 Å². The van der Waals surface area contributed by atoms with Crippen molar-refractivity contribution in [2.75, 3.05) is 26.3 Å². The van der Waals surface area contributed by atoms with Crippen LogP contribution in [0, 0.1) is 0 Å². The number of carbonyl (C=O) groups excluding carboxylic acids is 3. The summed E-state index contributed by atoms with van der Waals surface area (Å²) in [6.07, 6.45) is 3.37. The molecule has 1 aliphatic rings. The topological polar surface area (TPSA) is 94.2 Å². The number of rotatable bonds is 8. The van der Waals surface area contributed by atoms with Gasteiger partial charge in [0.05, 0.1) is 6.61 Å². The van der Waals surface area contributed by atoms with Gasteiger partial charge < -0.3 is 24.4 Å². The molecule has 1 aromatic carbocycles. The molecule has 1 heterocycles. The molecule has 164 valence electrons. The first-order chi connectivity index (χ1) is 14.4. The Labute approximate surface area is 172 Å². The first-order valence-corrected chi connectivity index (χ1v) is 9.48. The van der Waals surface area contributed by atoms with E-state index in [2.05, 4.69) is 10.1 Å². The zero-order valence-electron chi connectivity index (χ0n) is 16.5. The first kappa shape index (κ1) is 23.1. The molecule has 0 aliphatic carbocycles. The highest BCUT2D eigenvalue weighted by Crippen LogP contribution is 2.15. The second-order valence-corrected chi connectivity index (χ2v) is 6.42. The van der Waals surface area contributed by atoms with Gasteiger partial charge in [-0.25, -0.2) is 9.59 Å². The number of carbonyl (C=O) groups is 3. The third kappa shape index (κ3) is 8.06. The van der Waals surface area contributed by atoms with Crippen LogP contribution in [0.5, 0.6) is 5.75 Å². The normalized spacial score (nSPS) is 14.6. The molecule has 2 rings (SSSR count). The molecule has 0 atom stereocenters. The summed E-state index contributed by atoms with van der Waals surface area (Å²) >= 11 is 0. The zero-order valence-corrected chi connectivity index (χ0v) is 16.5. The van der Waals surface area contributed by atoms with Crippen LogP contribution in [-0.4, -0.2) is 61.8 Å². The summed E-state index contributed by atoms with van der Waals surface area (Å²) in [6, 6.07) is 5.58. The Bertz CT molecular complexity index is 746. The summed E-state index contributed by atoms with van der Waals surface area (Å²) in [5, 5.41) is 2.77. The lowest BCUT2D eigenvalue weighted by Gasteiger charge is -2.31. The summed E-state index contributed by atoms with van der Waals surface area (Å²) in [5.41, 5.74) is 0.575. The molecule has 0 unspecified atom stereocenters. The van der Waals surface area contributed by atoms with Gasteiger partial charge in [0, 0.05) is 25.2 Å². The van der Waals surface area contributed by atoms with Crippen LogP contribution in [0.4, 0.5) is 13.6 Å². The molecular weight excluding hydrogens is 402 g/mol. The van der Waals surface area contributed by atoms with E-state index in [1.807, 2.05) is 0 Å². The van der Waals surface area contributed by atoms with Gasteiger partial charge in [-0.2, -0.15) is 8.78 Å². The number of alkyl halides is 2. The molecule has 0 radical (unpaired) electrons. The third-order valence-electron chi connectivity index (χ3n) is 4.25. The largest absolute Gasteiger partial charge is 0.452 e. The van der Waals surface area contributed by atoms with E-state index in [1.165, 1.54) is 30.3 Å². The van der Waals surface area contributed by atoms with Crippen LogP contribution in [0.15, 0.2) is 30.3 Å². The van der Waals surface area contributed by atoms with Crippen LogP contribution >= 0.6 is 0 Å². The Balaban J connectivity index is 1.67. The van der Waals surface area contributed by atoms with Crippen LogP contribution in [0.2, 0.25) is 0 Å². The van der Waals surface area contributed by atoms with Gasteiger partial charge in [0.15, 0.2) is 6.61 Å². The minimum absolute atomic E-state index is 0.00878. The van der Waals surface area contributed by atoms with Gasteiger partial charge in [0.25, 0.3) is 5.91 Å². The molecular formula is C20H24F2N2O6. The van der Waals surface area contributed by atoms with E-state index in [0.717, 1.165) is 6.08 Å². The number of likely N-dealkylation sites (tertiary alicyclic amines) is 1. The quantitative estimate of drug-likeness (QED) is 0.507. The fourth-order valence-electron chi connectivity index (χ4n) is 2.80. The van der Waals surface area contributed by atoms with Gasteiger partial charge in [-0.15, -0.1) is 0 Å². The van der Waals surface area contributed by atoms with Crippen molar-refractivity contribution in [2.45, 2.75) is 32.4 Å². The molecule has 0 bridgehead atoms. The van der Waals surface area contributed by atoms with Gasteiger partial charge in [-0.05, 0) is 43.5 Å². The second-order valence-electron chi connectivity index (χ2n) is 6.42. The average Bonchev–Trinajstić information content (AvgIpc) is 2.72. The Kier molecular flexibility index (Phi) is 9.04. The number of ether oxygens (including phenoxy) is 3. The molecule has 1 aliphatic heterocycles. The number of piperidine rings is 1. The van der Waals surface area contributed by atoms with Crippen molar-refractivity contribution in [3.8, 4) is 5.75 Å². The van der Waals surface area contributed by atoms with E-state index < -0.39 is 25.1 Å². The van der Waals surface area contributed by atoms with Crippen molar-refractivity contribution in [3.63, 3.8) is 0 Å². The summed E-state index contributed by atoms with van der Waals surface area (Å²) < 4.78 is 38.3. The van der Waals surface area contributed by atoms with E-state index in [-0.39, 0.29) is 17.9 Å². The number of nitrogens with zero attached hydrogens (tertiary/aromatic N) is 1. The molecule has 1 aromatic rings. The summed E-state index contributed by atoms with van der Waals surface area (Å²) in [6.45, 7) is -0.322. The number of amides is 2. The van der Waals surface area contributed by atoms with Gasteiger partial charge in [-0.1, -0.05) is 12.1 Å². The van der Waals surface area contributed by atoms with Crippen molar-refractivity contribution in [1.82, 2.24) is 10.2 Å². The highest BCUT2D eigenvalue weighted by Gasteiger charge is 2.24. The SMILES string of the molecule is CCOC(=O)N1CCC(NC(=O)COC(=O)/C=C/c2ccc(OC(F)F)cc2)CC1. The number of hydrogen-bond acceptors (Lipinski definition) is 6. The fraction of sp³-hybridized carbons (Fsp3) is 0.450. The molecule has 0 aromatic heterocycles. The summed E-state index contributed by atoms with van der Waals surface area (Å²) in [5.74, 6) is -1.13. The van der Waals surface area contributed by atoms with Gasteiger partial charge in [0.2, 0.25) is 0 Å². The maximum Gasteiger partial charge on any atom is 0.409 e. The fourth-order valence-corrected chi connectivity index (χ4v) is 2.80. The second kappa shape index (κ2) is 11.7. The number of benzene rings is 1. The van der Waals surface area contributed by atoms with Gasteiger partial charge in [0.1, 0.15) is 5.75 Å². The molecule has 1 N–H and O–H groups in total. The summed E-state index contributed by atoms with van der Waals surface area (Å²) in [7, 11) is 0. The Morgan fingerprint density at radius 1 is 1.17 bits per heavy atom. The van der Waals surface area contributed by atoms with E-state index in [1.54, 1.807) is 11.8 Å². The predicted molar refractivity (Wildman–Crippen MR) is 103 cm³/mol. The number of halogens is 2. The standard InChI is InChI=1S/C20H24F2N2O6/c1-2-28-20(27)24-11-9-15(10-12-24)23-17(25)13-29-18(26)8-5-14-3-6-16(7-4-14)30-19(21)22/h3-8,15,19H,2,9-13H2,1H3,(H,23,25)/b8-5+. The minimum atomic E-state index is -2.90. The monoisotopic (exact) mass is 426 g/mol. The highest BCUT2D eigenvalue weighted by atomic mass is 19.3.